The SMILES string of the molecule is CCS(=O)(=O)C1CSCCN1S(=O)(=O)c1cc(CO)cs1. The maximum Gasteiger partial charge on any atom is 0.253 e. The molecule has 0 bridgehead atoms. The van der Waals surface area contributed by atoms with E-state index in [2.05, 4.69) is 0 Å². The molecule has 0 amide bonds. The Morgan fingerprint density at radius 3 is 2.67 bits per heavy atom. The van der Waals surface area contributed by atoms with Crippen molar-refractivity contribution in [2.45, 2.75) is 23.1 Å². The van der Waals surface area contributed by atoms with E-state index >= 15 is 0 Å². The van der Waals surface area contributed by atoms with Crippen LogP contribution in [0.1, 0.15) is 12.5 Å². The zero-order valence-electron chi connectivity index (χ0n) is 11.4. The van der Waals surface area contributed by atoms with Crippen LogP contribution in [0.25, 0.3) is 0 Å². The number of thioether (sulfide) groups is 1. The van der Waals surface area contributed by atoms with Crippen LogP contribution in [0, 0.1) is 0 Å². The Hall–Kier alpha value is -0.130. The highest BCUT2D eigenvalue weighted by atomic mass is 32.2. The molecule has 0 saturated carbocycles. The van der Waals surface area contributed by atoms with E-state index in [0.29, 0.717) is 11.3 Å². The summed E-state index contributed by atoms with van der Waals surface area (Å²) in [6.07, 6.45) is 0. The van der Waals surface area contributed by atoms with Gasteiger partial charge in [0, 0.05) is 23.8 Å². The van der Waals surface area contributed by atoms with E-state index in [1.807, 2.05) is 0 Å². The van der Waals surface area contributed by atoms with Crippen LogP contribution in [-0.4, -0.2) is 55.4 Å². The van der Waals surface area contributed by atoms with Crippen molar-refractivity contribution in [3.8, 4) is 0 Å². The fourth-order valence-corrected chi connectivity index (χ4v) is 8.58. The van der Waals surface area contributed by atoms with Crippen molar-refractivity contribution in [2.75, 3.05) is 23.8 Å². The van der Waals surface area contributed by atoms with Gasteiger partial charge < -0.3 is 5.11 Å². The minimum Gasteiger partial charge on any atom is -0.392 e. The van der Waals surface area contributed by atoms with Crippen LogP contribution in [0.2, 0.25) is 0 Å². The van der Waals surface area contributed by atoms with Crippen LogP contribution in [0.3, 0.4) is 0 Å². The molecule has 1 aromatic rings. The van der Waals surface area contributed by atoms with Gasteiger partial charge in [0.05, 0.1) is 6.61 Å². The summed E-state index contributed by atoms with van der Waals surface area (Å²) < 4.78 is 50.8. The first-order chi connectivity index (χ1) is 9.82. The molecule has 0 aliphatic carbocycles. The van der Waals surface area contributed by atoms with Crippen molar-refractivity contribution in [1.82, 2.24) is 4.31 Å². The average molecular weight is 372 g/mol. The third kappa shape index (κ3) is 3.45. The number of aliphatic hydroxyl groups excluding tert-OH is 1. The summed E-state index contributed by atoms with van der Waals surface area (Å²) in [5.41, 5.74) is 0.514. The molecule has 2 heterocycles. The molecule has 21 heavy (non-hydrogen) atoms. The maximum atomic E-state index is 12.7. The van der Waals surface area contributed by atoms with Crippen LogP contribution in [0.15, 0.2) is 15.7 Å². The van der Waals surface area contributed by atoms with Crippen LogP contribution in [0.5, 0.6) is 0 Å². The molecule has 1 saturated heterocycles. The second-order valence-electron chi connectivity index (χ2n) is 4.53. The molecular formula is C11H17NO5S4. The largest absolute Gasteiger partial charge is 0.392 e. The molecule has 1 unspecified atom stereocenters. The highest BCUT2D eigenvalue weighted by Gasteiger charge is 2.41. The first kappa shape index (κ1) is 17.2. The molecule has 1 N–H and O–H groups in total. The number of hydrogen-bond donors (Lipinski definition) is 1. The van der Waals surface area contributed by atoms with Gasteiger partial charge >= 0.3 is 0 Å². The van der Waals surface area contributed by atoms with Crippen LogP contribution in [-0.2, 0) is 26.5 Å². The molecule has 0 aromatic carbocycles. The molecule has 10 heteroatoms. The fraction of sp³-hybridized carbons (Fsp3) is 0.636. The van der Waals surface area contributed by atoms with Crippen LogP contribution >= 0.6 is 23.1 Å². The van der Waals surface area contributed by atoms with Gasteiger partial charge in [-0.2, -0.15) is 16.1 Å². The topological polar surface area (TPSA) is 91.8 Å². The second-order valence-corrected chi connectivity index (χ2v) is 11.2. The van der Waals surface area contributed by atoms with Crippen molar-refractivity contribution in [1.29, 1.82) is 0 Å². The third-order valence-corrected chi connectivity index (χ3v) is 10.0. The van der Waals surface area contributed by atoms with Gasteiger partial charge in [0.25, 0.3) is 10.0 Å². The van der Waals surface area contributed by atoms with Gasteiger partial charge in [-0.25, -0.2) is 16.8 Å². The molecule has 1 fully saturated rings. The van der Waals surface area contributed by atoms with E-state index in [-0.39, 0.29) is 28.9 Å². The Morgan fingerprint density at radius 2 is 2.10 bits per heavy atom. The van der Waals surface area contributed by atoms with Crippen molar-refractivity contribution in [3.63, 3.8) is 0 Å². The number of nitrogens with zero attached hydrogens (tertiary/aromatic N) is 1. The monoisotopic (exact) mass is 371 g/mol. The fourth-order valence-electron chi connectivity index (χ4n) is 2.00. The summed E-state index contributed by atoms with van der Waals surface area (Å²) in [5, 5.41) is 9.60. The normalized spacial score (nSPS) is 21.5. The van der Waals surface area contributed by atoms with Crippen molar-refractivity contribution in [3.05, 3.63) is 17.0 Å². The lowest BCUT2D eigenvalue weighted by atomic mass is 10.4. The van der Waals surface area contributed by atoms with Crippen molar-refractivity contribution in [2.24, 2.45) is 0 Å². The van der Waals surface area contributed by atoms with Crippen molar-refractivity contribution >= 4 is 43.0 Å². The third-order valence-electron chi connectivity index (χ3n) is 3.23. The molecule has 1 aromatic heterocycles. The number of aliphatic hydroxyl groups is 1. The molecule has 0 radical (unpaired) electrons. The predicted molar refractivity (Wildman–Crippen MR) is 84.7 cm³/mol. The number of sulfone groups is 1. The zero-order valence-corrected chi connectivity index (χ0v) is 14.7. The summed E-state index contributed by atoms with van der Waals surface area (Å²) in [6.45, 7) is 1.47. The van der Waals surface area contributed by atoms with E-state index in [1.54, 1.807) is 5.38 Å². The van der Waals surface area contributed by atoms with Gasteiger partial charge in [0.1, 0.15) is 9.58 Å². The number of rotatable bonds is 5. The average Bonchev–Trinajstić information content (AvgIpc) is 2.97. The molecule has 1 atom stereocenters. The molecule has 6 nitrogen and oxygen atoms in total. The predicted octanol–water partition coefficient (Wildman–Crippen LogP) is 0.739. The molecule has 1 aliphatic heterocycles. The molecular weight excluding hydrogens is 354 g/mol. The van der Waals surface area contributed by atoms with Gasteiger partial charge in [-0.3, -0.25) is 0 Å². The van der Waals surface area contributed by atoms with Gasteiger partial charge in [-0.05, 0) is 17.0 Å². The van der Waals surface area contributed by atoms with Gasteiger partial charge in [-0.1, -0.05) is 6.92 Å². The maximum absolute atomic E-state index is 12.7. The van der Waals surface area contributed by atoms with Crippen LogP contribution < -0.4 is 0 Å². The van der Waals surface area contributed by atoms with Crippen LogP contribution in [0.4, 0.5) is 0 Å². The van der Waals surface area contributed by atoms with Gasteiger partial charge in [0.2, 0.25) is 0 Å². The minimum atomic E-state index is -3.85. The van der Waals surface area contributed by atoms with E-state index in [4.69, 9.17) is 5.11 Å². The first-order valence-electron chi connectivity index (χ1n) is 6.32. The number of hydrogen-bond acceptors (Lipinski definition) is 7. The summed E-state index contributed by atoms with van der Waals surface area (Å²) in [5.74, 6) is 0.747. The Labute approximate surface area is 133 Å². The summed E-state index contributed by atoms with van der Waals surface area (Å²) in [7, 11) is -7.32. The minimum absolute atomic E-state index is 0.0785. The summed E-state index contributed by atoms with van der Waals surface area (Å²) in [6, 6.07) is 1.40. The van der Waals surface area contributed by atoms with E-state index in [0.717, 1.165) is 15.6 Å². The quantitative estimate of drug-likeness (QED) is 0.821. The highest BCUT2D eigenvalue weighted by Crippen LogP contribution is 2.30. The lowest BCUT2D eigenvalue weighted by Crippen LogP contribution is -2.50. The first-order valence-corrected chi connectivity index (χ1v) is 11.5. The van der Waals surface area contributed by atoms with E-state index in [9.17, 15) is 16.8 Å². The Morgan fingerprint density at radius 1 is 1.38 bits per heavy atom. The molecule has 2 rings (SSSR count). The molecule has 0 spiro atoms. The number of thiophene rings is 1. The van der Waals surface area contributed by atoms with Gasteiger partial charge in [0.15, 0.2) is 9.84 Å². The Bertz CT molecular complexity index is 694. The second kappa shape index (κ2) is 6.55. The van der Waals surface area contributed by atoms with E-state index in [1.165, 1.54) is 24.8 Å². The smallest absolute Gasteiger partial charge is 0.253 e. The lowest BCUT2D eigenvalue weighted by molar-refractivity contribution is 0.282. The van der Waals surface area contributed by atoms with Crippen molar-refractivity contribution < 1.29 is 21.9 Å². The summed E-state index contributed by atoms with van der Waals surface area (Å²) in [4.78, 5) is 0. The Kier molecular flexibility index (Phi) is 5.37. The van der Waals surface area contributed by atoms with E-state index < -0.39 is 25.2 Å². The molecule has 1 aliphatic rings. The lowest BCUT2D eigenvalue weighted by Gasteiger charge is -2.33. The highest BCUT2D eigenvalue weighted by molar-refractivity contribution is 8.01. The molecule has 120 valence electrons. The standard InChI is InChI=1S/C11H17NO5S4/c1-2-20(14,15)10-8-18-4-3-12(10)21(16,17)11-5-9(6-13)7-19-11/h5,7,10,13H,2-4,6,8H2,1H3. The number of sulfonamides is 1. The van der Waals surface area contributed by atoms with Gasteiger partial charge in [-0.15, -0.1) is 11.3 Å². The summed E-state index contributed by atoms with van der Waals surface area (Å²) >= 11 is 2.45. The Balaban J connectivity index is 2.40. The zero-order chi connectivity index (χ0) is 15.7.